The molecule has 4 amide bonds. The number of urea groups is 1. The Morgan fingerprint density at radius 2 is 1.65 bits per heavy atom. The van der Waals surface area contributed by atoms with Gasteiger partial charge in [-0.15, -0.1) is 0 Å². The van der Waals surface area contributed by atoms with Crippen molar-refractivity contribution in [3.8, 4) is 0 Å². The molecule has 2 fully saturated rings. The van der Waals surface area contributed by atoms with E-state index in [2.05, 4.69) is 40.8 Å². The molecule has 46 heavy (non-hydrogen) atoms. The minimum absolute atomic E-state index is 0.148. The number of nitrogens with zero attached hydrogens (tertiary/aromatic N) is 4. The normalized spacial score (nSPS) is 18.7. The molecule has 0 bridgehead atoms. The first-order chi connectivity index (χ1) is 22.4. The first-order valence-corrected chi connectivity index (χ1v) is 16.4. The first kappa shape index (κ1) is 33.1. The van der Waals surface area contributed by atoms with Gasteiger partial charge < -0.3 is 40.8 Å². The van der Waals surface area contributed by atoms with E-state index in [1.165, 1.54) is 12.7 Å². The molecule has 4 atom stereocenters. The van der Waals surface area contributed by atoms with Crippen LogP contribution in [0.25, 0.3) is 0 Å². The molecule has 2 unspecified atom stereocenters. The lowest BCUT2D eigenvalue weighted by molar-refractivity contribution is -0.131. The fourth-order valence-corrected chi connectivity index (χ4v) is 6.37. The molecule has 0 radical (unpaired) electrons. The summed E-state index contributed by atoms with van der Waals surface area (Å²) in [6.45, 7) is 2.63. The molecular formula is C33H47N9O4. The largest absolute Gasteiger partial charge is 0.383 e. The number of hydrogen-bond donors (Lipinski definition) is 6. The second kappa shape index (κ2) is 16.4. The summed E-state index contributed by atoms with van der Waals surface area (Å²) in [7, 11) is 2.01. The molecule has 5 rings (SSSR count). The second-order valence-corrected chi connectivity index (χ2v) is 12.6. The van der Waals surface area contributed by atoms with Gasteiger partial charge in [-0.2, -0.15) is 0 Å². The summed E-state index contributed by atoms with van der Waals surface area (Å²) < 4.78 is 0. The number of aliphatic hydroxyl groups excluding tert-OH is 1. The number of hydrogen-bond acceptors (Lipinski definition) is 7. The van der Waals surface area contributed by atoms with Crippen molar-refractivity contribution in [2.75, 3.05) is 33.2 Å². The van der Waals surface area contributed by atoms with Crippen molar-refractivity contribution < 1.29 is 19.5 Å². The Bertz CT molecular complexity index is 1350. The van der Waals surface area contributed by atoms with Crippen LogP contribution in [0, 0.1) is 5.92 Å². The monoisotopic (exact) mass is 633 g/mol. The lowest BCUT2D eigenvalue weighted by Crippen LogP contribution is -2.59. The Labute approximate surface area is 270 Å². The van der Waals surface area contributed by atoms with E-state index in [1.54, 1.807) is 23.5 Å². The van der Waals surface area contributed by atoms with E-state index in [1.807, 2.05) is 37.4 Å². The molecule has 0 spiro atoms. The molecule has 1 aliphatic carbocycles. The van der Waals surface area contributed by atoms with Crippen LogP contribution >= 0.6 is 0 Å². The molecule has 13 nitrogen and oxygen atoms in total. The third-order valence-electron chi connectivity index (χ3n) is 9.12. The Hall–Kier alpha value is -4.23. The van der Waals surface area contributed by atoms with Crippen LogP contribution in [0.2, 0.25) is 0 Å². The van der Waals surface area contributed by atoms with Crippen LogP contribution in [0.5, 0.6) is 0 Å². The lowest BCUT2D eigenvalue weighted by Gasteiger charge is -2.34. The van der Waals surface area contributed by atoms with Gasteiger partial charge in [0.15, 0.2) is 0 Å². The van der Waals surface area contributed by atoms with Crippen LogP contribution in [-0.4, -0.2) is 104 Å². The molecule has 1 aromatic carbocycles. The third kappa shape index (κ3) is 9.39. The van der Waals surface area contributed by atoms with Crippen molar-refractivity contribution in [2.24, 2.45) is 5.92 Å². The van der Waals surface area contributed by atoms with Gasteiger partial charge in [-0.3, -0.25) is 9.59 Å². The van der Waals surface area contributed by atoms with Crippen molar-refractivity contribution in [3.63, 3.8) is 0 Å². The summed E-state index contributed by atoms with van der Waals surface area (Å²) >= 11 is 0. The van der Waals surface area contributed by atoms with E-state index in [4.69, 9.17) is 0 Å². The van der Waals surface area contributed by atoms with Crippen molar-refractivity contribution in [1.82, 2.24) is 45.7 Å². The Morgan fingerprint density at radius 3 is 2.33 bits per heavy atom. The number of amides is 4. The Morgan fingerprint density at radius 1 is 0.935 bits per heavy atom. The van der Waals surface area contributed by atoms with Crippen molar-refractivity contribution in [3.05, 3.63) is 72.3 Å². The van der Waals surface area contributed by atoms with Gasteiger partial charge in [-0.1, -0.05) is 62.4 Å². The number of benzene rings is 1. The number of imidazole rings is 2. The SMILES string of the molecule is CN1CCN(C(=O)N[C@@H](Cc2ccccc2)C(=O)N[C@@H](Cc2cnc[nH]2)C(=O)NC(CC2CCCCC2)C(O)c2ncc[nH]2)CC1. The average molecular weight is 634 g/mol. The number of nitrogens with one attached hydrogen (secondary N) is 5. The summed E-state index contributed by atoms with van der Waals surface area (Å²) in [5, 5.41) is 20.2. The van der Waals surface area contributed by atoms with Crippen LogP contribution in [0.15, 0.2) is 55.2 Å². The maximum Gasteiger partial charge on any atom is 0.318 e. The molecular weight excluding hydrogens is 586 g/mol. The first-order valence-electron chi connectivity index (χ1n) is 16.4. The quantitative estimate of drug-likeness (QED) is 0.167. The van der Waals surface area contributed by atoms with Gasteiger partial charge in [0.05, 0.1) is 12.4 Å². The van der Waals surface area contributed by atoms with E-state index in [9.17, 15) is 19.5 Å². The van der Waals surface area contributed by atoms with E-state index >= 15 is 0 Å². The zero-order chi connectivity index (χ0) is 32.3. The molecule has 3 heterocycles. The molecule has 248 valence electrons. The van der Waals surface area contributed by atoms with E-state index < -0.39 is 36.0 Å². The zero-order valence-corrected chi connectivity index (χ0v) is 26.5. The highest BCUT2D eigenvalue weighted by Gasteiger charge is 2.33. The minimum atomic E-state index is -1.04. The van der Waals surface area contributed by atoms with Crippen LogP contribution in [0.3, 0.4) is 0 Å². The smallest absolute Gasteiger partial charge is 0.318 e. The second-order valence-electron chi connectivity index (χ2n) is 12.6. The predicted molar refractivity (Wildman–Crippen MR) is 172 cm³/mol. The number of likely N-dealkylation sites (N-methyl/N-ethyl adjacent to an activating group) is 1. The standard InChI is InChI=1S/C33H47N9O4/c1-41-14-16-42(17-15-41)33(46)40-27(19-24-10-6-3-7-11-24)31(44)39-28(20-25-21-34-22-37-25)32(45)38-26(18-23-8-4-2-5-9-23)29(43)30-35-12-13-36-30/h3,6-7,10-13,21-23,26-29,43H,2,4-5,8-9,14-20H2,1H3,(H,34,37)(H,35,36)(H,38,45)(H,39,44)(H,40,46)/t26?,27-,28-,29?/m0/s1. The number of aliphatic hydroxyl groups is 1. The average Bonchev–Trinajstić information content (AvgIpc) is 3.80. The lowest BCUT2D eigenvalue weighted by atomic mass is 9.83. The van der Waals surface area contributed by atoms with Gasteiger partial charge >= 0.3 is 6.03 Å². The number of piperazine rings is 1. The fraction of sp³-hybridized carbons (Fsp3) is 0.545. The topological polar surface area (TPSA) is 171 Å². The number of carbonyl (C=O) groups is 3. The summed E-state index contributed by atoms with van der Waals surface area (Å²) in [6.07, 6.45) is 11.8. The third-order valence-corrected chi connectivity index (χ3v) is 9.12. The van der Waals surface area contributed by atoms with Gasteiger partial charge in [0.25, 0.3) is 0 Å². The number of aromatic nitrogens is 4. The summed E-state index contributed by atoms with van der Waals surface area (Å²) in [4.78, 5) is 59.4. The number of rotatable bonds is 13. The number of aromatic amines is 2. The molecule has 2 aliphatic rings. The van der Waals surface area contributed by atoms with Crippen molar-refractivity contribution in [1.29, 1.82) is 0 Å². The summed E-state index contributed by atoms with van der Waals surface area (Å²) in [5.41, 5.74) is 1.54. The van der Waals surface area contributed by atoms with Crippen LogP contribution in [-0.2, 0) is 22.4 Å². The van der Waals surface area contributed by atoms with Crippen molar-refractivity contribution in [2.45, 2.75) is 75.6 Å². The van der Waals surface area contributed by atoms with Gasteiger partial charge in [0.1, 0.15) is 24.0 Å². The van der Waals surface area contributed by atoms with Crippen LogP contribution < -0.4 is 16.0 Å². The zero-order valence-electron chi connectivity index (χ0n) is 26.5. The fourth-order valence-electron chi connectivity index (χ4n) is 6.37. The minimum Gasteiger partial charge on any atom is -0.383 e. The summed E-state index contributed by atoms with van der Waals surface area (Å²) in [6, 6.07) is 6.64. The summed E-state index contributed by atoms with van der Waals surface area (Å²) in [5.74, 6) is -0.159. The van der Waals surface area contributed by atoms with Gasteiger partial charge in [-0.05, 0) is 24.9 Å². The molecule has 1 aliphatic heterocycles. The van der Waals surface area contributed by atoms with Gasteiger partial charge in [0.2, 0.25) is 11.8 Å². The predicted octanol–water partition coefficient (Wildman–Crippen LogP) is 1.92. The number of carbonyl (C=O) groups excluding carboxylic acids is 3. The number of H-pyrrole nitrogens is 2. The Balaban J connectivity index is 1.33. The maximum absolute atomic E-state index is 14.0. The van der Waals surface area contributed by atoms with E-state index in [0.717, 1.165) is 44.3 Å². The van der Waals surface area contributed by atoms with E-state index in [-0.39, 0.29) is 18.9 Å². The highest BCUT2D eigenvalue weighted by Crippen LogP contribution is 2.30. The van der Waals surface area contributed by atoms with Crippen molar-refractivity contribution >= 4 is 17.8 Å². The van der Waals surface area contributed by atoms with Gasteiger partial charge in [-0.25, -0.2) is 14.8 Å². The molecule has 13 heteroatoms. The molecule has 3 aromatic rings. The highest BCUT2D eigenvalue weighted by molar-refractivity contribution is 5.92. The Kier molecular flexibility index (Phi) is 11.8. The maximum atomic E-state index is 14.0. The van der Waals surface area contributed by atoms with Gasteiger partial charge in [0, 0.05) is 63.3 Å². The van der Waals surface area contributed by atoms with Crippen LogP contribution in [0.4, 0.5) is 4.79 Å². The van der Waals surface area contributed by atoms with Crippen LogP contribution in [0.1, 0.15) is 61.7 Å². The molecule has 2 aromatic heterocycles. The van der Waals surface area contributed by atoms with E-state index in [0.29, 0.717) is 36.9 Å². The molecule has 6 N–H and O–H groups in total. The molecule has 1 saturated carbocycles. The highest BCUT2D eigenvalue weighted by atomic mass is 16.3. The molecule has 1 saturated heterocycles.